The molecule has 0 spiro atoms. The Morgan fingerprint density at radius 2 is 2.53 bits per heavy atom. The third-order valence-electron chi connectivity index (χ3n) is 1.67. The van der Waals surface area contributed by atoms with Gasteiger partial charge < -0.3 is 11.1 Å². The first-order valence-corrected chi connectivity index (χ1v) is 4.62. The van der Waals surface area contributed by atoms with Gasteiger partial charge in [0.15, 0.2) is 0 Å². The van der Waals surface area contributed by atoms with Crippen molar-refractivity contribution < 1.29 is 4.79 Å². The fourth-order valence-corrected chi connectivity index (χ4v) is 1.11. The smallest absolute Gasteiger partial charge is 0.242 e. The molecule has 78 valence electrons. The molecule has 4 nitrogen and oxygen atoms in total. The molecule has 0 saturated heterocycles. The molecule has 1 rings (SSSR count). The van der Waals surface area contributed by atoms with E-state index in [2.05, 4.69) is 16.2 Å². The van der Waals surface area contributed by atoms with Crippen molar-refractivity contribution >= 4 is 23.2 Å². The molecular formula is C10H10ClN3O. The van der Waals surface area contributed by atoms with Gasteiger partial charge in [0, 0.05) is 18.3 Å². The predicted octanol–water partition coefficient (Wildman–Crippen LogP) is 1.02. The molecular weight excluding hydrogens is 214 g/mol. The second kappa shape index (κ2) is 5.35. The van der Waals surface area contributed by atoms with Crippen molar-refractivity contribution in [2.24, 2.45) is 5.73 Å². The molecule has 0 aliphatic rings. The average Bonchev–Trinajstić information content (AvgIpc) is 2.18. The van der Waals surface area contributed by atoms with Gasteiger partial charge in [0.05, 0.1) is 6.04 Å². The van der Waals surface area contributed by atoms with Gasteiger partial charge in [0.2, 0.25) is 5.91 Å². The van der Waals surface area contributed by atoms with Crippen molar-refractivity contribution in [3.05, 3.63) is 23.5 Å². The number of nitrogens with one attached hydrogen (secondary N) is 1. The number of terminal acetylenes is 1. The number of aromatic nitrogens is 1. The Morgan fingerprint density at radius 3 is 3.13 bits per heavy atom. The zero-order valence-electron chi connectivity index (χ0n) is 7.90. The van der Waals surface area contributed by atoms with Crippen LogP contribution in [0.25, 0.3) is 0 Å². The summed E-state index contributed by atoms with van der Waals surface area (Å²) in [5.74, 6) is 1.98. The Kier molecular flexibility index (Phi) is 4.10. The molecule has 0 fully saturated rings. The number of nitrogens with zero attached hydrogens (tertiary/aromatic N) is 1. The lowest BCUT2D eigenvalue weighted by atomic mass is 10.2. The Bertz CT molecular complexity index is 400. The topological polar surface area (TPSA) is 68.0 Å². The summed E-state index contributed by atoms with van der Waals surface area (Å²) in [7, 11) is 0. The Morgan fingerprint density at radius 1 is 1.80 bits per heavy atom. The van der Waals surface area contributed by atoms with E-state index in [1.54, 1.807) is 6.07 Å². The average molecular weight is 224 g/mol. The number of nitrogens with two attached hydrogens (primary N) is 1. The first-order chi connectivity index (χ1) is 7.13. The summed E-state index contributed by atoms with van der Waals surface area (Å²) < 4.78 is 0. The third kappa shape index (κ3) is 3.58. The summed E-state index contributed by atoms with van der Waals surface area (Å²) in [5, 5.41) is 2.89. The van der Waals surface area contributed by atoms with E-state index in [0.29, 0.717) is 10.8 Å². The van der Waals surface area contributed by atoms with Gasteiger partial charge in [0.1, 0.15) is 5.15 Å². The quantitative estimate of drug-likeness (QED) is 0.594. The summed E-state index contributed by atoms with van der Waals surface area (Å²) in [5.41, 5.74) is 6.06. The Balaban J connectivity index is 2.63. The van der Waals surface area contributed by atoms with Crippen molar-refractivity contribution in [2.45, 2.75) is 12.5 Å². The number of anilines is 1. The number of hydrogen-bond donors (Lipinski definition) is 2. The van der Waals surface area contributed by atoms with Crippen molar-refractivity contribution in [3.8, 4) is 12.3 Å². The monoisotopic (exact) mass is 223 g/mol. The van der Waals surface area contributed by atoms with E-state index in [1.807, 2.05) is 0 Å². The maximum Gasteiger partial charge on any atom is 0.242 e. The lowest BCUT2D eigenvalue weighted by molar-refractivity contribution is -0.117. The van der Waals surface area contributed by atoms with Gasteiger partial charge in [-0.15, -0.1) is 12.3 Å². The molecule has 1 amide bonds. The number of carbonyl (C=O) groups is 1. The van der Waals surface area contributed by atoms with E-state index in [-0.39, 0.29) is 12.3 Å². The van der Waals surface area contributed by atoms with Crippen LogP contribution in [-0.2, 0) is 4.79 Å². The van der Waals surface area contributed by atoms with E-state index in [0.717, 1.165) is 0 Å². The Labute approximate surface area is 92.8 Å². The minimum absolute atomic E-state index is 0.199. The summed E-state index contributed by atoms with van der Waals surface area (Å²) >= 11 is 5.64. The molecule has 1 aromatic rings. The van der Waals surface area contributed by atoms with Gasteiger partial charge in [-0.25, -0.2) is 4.98 Å². The largest absolute Gasteiger partial charge is 0.325 e. The van der Waals surface area contributed by atoms with Crippen LogP contribution in [0.3, 0.4) is 0 Å². The fraction of sp³-hybridized carbons (Fsp3) is 0.200. The number of hydrogen-bond acceptors (Lipinski definition) is 3. The molecule has 1 unspecified atom stereocenters. The van der Waals surface area contributed by atoms with Crippen LogP contribution in [0.4, 0.5) is 5.69 Å². The first-order valence-electron chi connectivity index (χ1n) is 4.25. The molecule has 0 aliphatic heterocycles. The van der Waals surface area contributed by atoms with Crippen LogP contribution in [0.5, 0.6) is 0 Å². The standard InChI is InChI=1S/C10H10ClN3O/c1-2-3-8(12)10(15)14-7-4-5-13-9(11)6-7/h1,4-6,8H,3,12H2,(H,13,14,15). The van der Waals surface area contributed by atoms with Crippen LogP contribution in [0.2, 0.25) is 5.15 Å². The second-order valence-electron chi connectivity index (χ2n) is 2.87. The molecule has 3 N–H and O–H groups in total. The van der Waals surface area contributed by atoms with Crippen molar-refractivity contribution in [2.75, 3.05) is 5.32 Å². The van der Waals surface area contributed by atoms with Gasteiger partial charge in [-0.2, -0.15) is 0 Å². The first kappa shape index (κ1) is 11.5. The normalized spacial score (nSPS) is 11.5. The highest BCUT2D eigenvalue weighted by Gasteiger charge is 2.11. The summed E-state index contributed by atoms with van der Waals surface area (Å²) in [6.07, 6.45) is 6.73. The highest BCUT2D eigenvalue weighted by Crippen LogP contribution is 2.11. The van der Waals surface area contributed by atoms with Crippen LogP contribution >= 0.6 is 11.6 Å². The van der Waals surface area contributed by atoms with Crippen LogP contribution in [0.1, 0.15) is 6.42 Å². The number of rotatable bonds is 3. The van der Waals surface area contributed by atoms with Gasteiger partial charge in [-0.05, 0) is 12.1 Å². The van der Waals surface area contributed by atoms with E-state index < -0.39 is 6.04 Å². The van der Waals surface area contributed by atoms with Crippen LogP contribution < -0.4 is 11.1 Å². The molecule has 0 radical (unpaired) electrons. The number of pyridine rings is 1. The lowest BCUT2D eigenvalue weighted by Crippen LogP contribution is -2.35. The van der Waals surface area contributed by atoms with Crippen molar-refractivity contribution in [3.63, 3.8) is 0 Å². The highest BCUT2D eigenvalue weighted by molar-refractivity contribution is 6.29. The van der Waals surface area contributed by atoms with Gasteiger partial charge >= 0.3 is 0 Å². The molecule has 0 aromatic carbocycles. The molecule has 0 aliphatic carbocycles. The fourth-order valence-electron chi connectivity index (χ4n) is 0.935. The van der Waals surface area contributed by atoms with Crippen molar-refractivity contribution in [1.29, 1.82) is 0 Å². The molecule has 1 heterocycles. The highest BCUT2D eigenvalue weighted by atomic mass is 35.5. The minimum Gasteiger partial charge on any atom is -0.325 e. The summed E-state index contributed by atoms with van der Waals surface area (Å²) in [6, 6.07) is 2.44. The zero-order valence-corrected chi connectivity index (χ0v) is 8.66. The van der Waals surface area contributed by atoms with Crippen LogP contribution in [0.15, 0.2) is 18.3 Å². The molecule has 15 heavy (non-hydrogen) atoms. The van der Waals surface area contributed by atoms with Crippen molar-refractivity contribution in [1.82, 2.24) is 4.98 Å². The molecule has 1 aromatic heterocycles. The SMILES string of the molecule is C#CCC(N)C(=O)Nc1ccnc(Cl)c1. The molecule has 0 saturated carbocycles. The van der Waals surface area contributed by atoms with E-state index >= 15 is 0 Å². The molecule has 0 bridgehead atoms. The van der Waals surface area contributed by atoms with Crippen LogP contribution in [0, 0.1) is 12.3 Å². The summed E-state index contributed by atoms with van der Waals surface area (Å²) in [6.45, 7) is 0. The predicted molar refractivity (Wildman–Crippen MR) is 59.3 cm³/mol. The van der Waals surface area contributed by atoms with Crippen LogP contribution in [-0.4, -0.2) is 16.9 Å². The maximum atomic E-state index is 11.4. The van der Waals surface area contributed by atoms with Gasteiger partial charge in [0.25, 0.3) is 0 Å². The Hall–Kier alpha value is -1.57. The van der Waals surface area contributed by atoms with Gasteiger partial charge in [-0.1, -0.05) is 11.6 Å². The van der Waals surface area contributed by atoms with E-state index in [1.165, 1.54) is 12.3 Å². The third-order valence-corrected chi connectivity index (χ3v) is 1.88. The summed E-state index contributed by atoms with van der Waals surface area (Å²) in [4.78, 5) is 15.2. The number of carbonyl (C=O) groups excluding carboxylic acids is 1. The van der Waals surface area contributed by atoms with E-state index in [9.17, 15) is 4.79 Å². The molecule has 1 atom stereocenters. The zero-order chi connectivity index (χ0) is 11.3. The van der Waals surface area contributed by atoms with E-state index in [4.69, 9.17) is 23.8 Å². The molecule has 5 heteroatoms. The van der Waals surface area contributed by atoms with Gasteiger partial charge in [-0.3, -0.25) is 4.79 Å². The number of halogens is 1. The second-order valence-corrected chi connectivity index (χ2v) is 3.26. The maximum absolute atomic E-state index is 11.4. The number of amides is 1. The lowest BCUT2D eigenvalue weighted by Gasteiger charge is -2.09. The minimum atomic E-state index is -0.707.